The fraction of sp³-hybridized carbons (Fsp3) is 0.308. The van der Waals surface area contributed by atoms with Crippen molar-refractivity contribution in [2.24, 2.45) is 0 Å². The molecule has 8 heteroatoms. The topological polar surface area (TPSA) is 103 Å². The number of nitrogens with one attached hydrogen (secondary N) is 1. The van der Waals surface area contributed by atoms with Crippen LogP contribution in [0.2, 0.25) is 5.15 Å². The number of aromatic nitrogens is 4. The minimum atomic E-state index is -0.756. The lowest BCUT2D eigenvalue weighted by molar-refractivity contribution is 0.416. The maximum absolute atomic E-state index is 9.13. The van der Waals surface area contributed by atoms with Gasteiger partial charge in [-0.3, -0.25) is 4.68 Å². The summed E-state index contributed by atoms with van der Waals surface area (Å²) in [4.78, 5) is 8.00. The second kappa shape index (κ2) is 5.39. The van der Waals surface area contributed by atoms with Crippen molar-refractivity contribution in [3.05, 3.63) is 28.8 Å². The molecule has 2 rings (SSSR count). The maximum Gasteiger partial charge on any atom is 0.228 e. The molecule has 0 saturated heterocycles. The molecule has 2 aromatic rings. The summed E-state index contributed by atoms with van der Waals surface area (Å²) in [5, 5.41) is 25.3. The molecule has 0 aliphatic carbocycles. The van der Waals surface area contributed by atoms with Gasteiger partial charge in [-0.1, -0.05) is 11.6 Å². The van der Waals surface area contributed by atoms with Gasteiger partial charge in [0.15, 0.2) is 5.15 Å². The Kier molecular flexibility index (Phi) is 3.79. The summed E-state index contributed by atoms with van der Waals surface area (Å²) in [6.07, 6.45) is 3.05. The van der Waals surface area contributed by atoms with Crippen LogP contribution in [0.1, 0.15) is 25.1 Å². The van der Waals surface area contributed by atoms with Gasteiger partial charge in [-0.15, -0.1) is 0 Å². The Hall–Kier alpha value is -2.64. The standard InChI is InChI=1S/C13H12ClN7/c1-8-10(6-21(20-8)13(2,3)7-16)18-12-17-5-9(4-15)11(14)19-12/h5-6H,1-3H3,(H,17,18,19). The lowest BCUT2D eigenvalue weighted by atomic mass is 10.1. The third-order valence-corrected chi connectivity index (χ3v) is 3.14. The van der Waals surface area contributed by atoms with E-state index in [-0.39, 0.29) is 16.7 Å². The van der Waals surface area contributed by atoms with Crippen LogP contribution in [0.3, 0.4) is 0 Å². The zero-order valence-electron chi connectivity index (χ0n) is 11.7. The normalized spacial score (nSPS) is 10.8. The quantitative estimate of drug-likeness (QED) is 0.874. The van der Waals surface area contributed by atoms with Gasteiger partial charge in [0.2, 0.25) is 5.95 Å². The van der Waals surface area contributed by atoms with Crippen molar-refractivity contribution in [1.82, 2.24) is 19.7 Å². The molecular formula is C13H12ClN7. The molecule has 2 heterocycles. The number of anilines is 2. The van der Waals surface area contributed by atoms with Crippen molar-refractivity contribution in [3.8, 4) is 12.1 Å². The highest BCUT2D eigenvalue weighted by Crippen LogP contribution is 2.22. The highest BCUT2D eigenvalue weighted by molar-refractivity contribution is 6.30. The number of nitriles is 2. The van der Waals surface area contributed by atoms with Gasteiger partial charge < -0.3 is 5.32 Å². The second-order valence-electron chi connectivity index (χ2n) is 4.88. The van der Waals surface area contributed by atoms with Crippen molar-refractivity contribution in [1.29, 1.82) is 10.5 Å². The number of hydrogen-bond donors (Lipinski definition) is 1. The Balaban J connectivity index is 2.31. The molecule has 0 fully saturated rings. The van der Waals surface area contributed by atoms with E-state index >= 15 is 0 Å². The molecule has 0 radical (unpaired) electrons. The summed E-state index contributed by atoms with van der Waals surface area (Å²) < 4.78 is 1.57. The van der Waals surface area contributed by atoms with Gasteiger partial charge in [-0.2, -0.15) is 20.6 Å². The molecule has 106 valence electrons. The molecule has 0 aromatic carbocycles. The molecule has 21 heavy (non-hydrogen) atoms. The summed E-state index contributed by atoms with van der Waals surface area (Å²) in [5.41, 5.74) is 0.815. The number of halogens is 1. The zero-order valence-corrected chi connectivity index (χ0v) is 12.5. The summed E-state index contributed by atoms with van der Waals surface area (Å²) in [7, 11) is 0. The smallest absolute Gasteiger partial charge is 0.228 e. The van der Waals surface area contributed by atoms with E-state index in [9.17, 15) is 0 Å². The first-order valence-electron chi connectivity index (χ1n) is 6.05. The van der Waals surface area contributed by atoms with E-state index in [2.05, 4.69) is 26.5 Å². The van der Waals surface area contributed by atoms with Crippen LogP contribution in [0.25, 0.3) is 0 Å². The summed E-state index contributed by atoms with van der Waals surface area (Å²) in [6, 6.07) is 4.06. The molecule has 1 N–H and O–H groups in total. The molecule has 0 spiro atoms. The van der Waals surface area contributed by atoms with Crippen LogP contribution < -0.4 is 5.32 Å². The van der Waals surface area contributed by atoms with Crippen LogP contribution in [-0.4, -0.2) is 19.7 Å². The van der Waals surface area contributed by atoms with Crippen LogP contribution in [0.5, 0.6) is 0 Å². The van der Waals surface area contributed by atoms with Crippen LogP contribution in [0, 0.1) is 29.6 Å². The van der Waals surface area contributed by atoms with Gasteiger partial charge in [-0.05, 0) is 20.8 Å². The molecule has 0 amide bonds. The highest BCUT2D eigenvalue weighted by atomic mass is 35.5. The van der Waals surface area contributed by atoms with Crippen molar-refractivity contribution in [2.75, 3.05) is 5.32 Å². The predicted molar refractivity (Wildman–Crippen MR) is 76.9 cm³/mol. The number of rotatable bonds is 3. The Morgan fingerprint density at radius 1 is 1.38 bits per heavy atom. The van der Waals surface area contributed by atoms with Gasteiger partial charge in [0.25, 0.3) is 0 Å². The lowest BCUT2D eigenvalue weighted by Crippen LogP contribution is -2.24. The fourth-order valence-corrected chi connectivity index (χ4v) is 1.71. The minimum absolute atomic E-state index is 0.0809. The molecule has 0 saturated carbocycles. The third kappa shape index (κ3) is 2.93. The van der Waals surface area contributed by atoms with E-state index in [4.69, 9.17) is 22.1 Å². The summed E-state index contributed by atoms with van der Waals surface area (Å²) in [5.74, 6) is 0.261. The SMILES string of the molecule is Cc1nn(C(C)(C)C#N)cc1Nc1ncc(C#N)c(Cl)n1. The van der Waals surface area contributed by atoms with E-state index in [1.807, 2.05) is 6.07 Å². The fourth-order valence-electron chi connectivity index (χ4n) is 1.54. The second-order valence-corrected chi connectivity index (χ2v) is 5.24. The predicted octanol–water partition coefficient (Wildman–Crippen LogP) is 2.51. The number of hydrogen-bond acceptors (Lipinski definition) is 6. The van der Waals surface area contributed by atoms with E-state index in [0.717, 1.165) is 0 Å². The Bertz CT molecular complexity index is 764. The van der Waals surface area contributed by atoms with Crippen LogP contribution >= 0.6 is 11.6 Å². The van der Waals surface area contributed by atoms with Gasteiger partial charge in [-0.25, -0.2) is 4.98 Å². The Morgan fingerprint density at radius 3 is 2.67 bits per heavy atom. The van der Waals surface area contributed by atoms with E-state index < -0.39 is 5.54 Å². The first-order chi connectivity index (χ1) is 9.87. The van der Waals surface area contributed by atoms with Crippen molar-refractivity contribution in [3.63, 3.8) is 0 Å². The Labute approximate surface area is 126 Å². The molecule has 0 unspecified atom stereocenters. The molecule has 0 aliphatic heterocycles. The molecule has 0 aliphatic rings. The average Bonchev–Trinajstić information content (AvgIpc) is 2.81. The summed E-state index contributed by atoms with van der Waals surface area (Å²) in [6.45, 7) is 5.33. The average molecular weight is 302 g/mol. The molecule has 0 bridgehead atoms. The monoisotopic (exact) mass is 301 g/mol. The van der Waals surface area contributed by atoms with Crippen LogP contribution in [0.4, 0.5) is 11.6 Å². The van der Waals surface area contributed by atoms with Gasteiger partial charge in [0, 0.05) is 0 Å². The van der Waals surface area contributed by atoms with Crippen LogP contribution in [0.15, 0.2) is 12.4 Å². The minimum Gasteiger partial charge on any atom is -0.321 e. The maximum atomic E-state index is 9.13. The van der Waals surface area contributed by atoms with Gasteiger partial charge in [0.05, 0.1) is 29.8 Å². The first-order valence-corrected chi connectivity index (χ1v) is 6.43. The van der Waals surface area contributed by atoms with E-state index in [0.29, 0.717) is 11.4 Å². The van der Waals surface area contributed by atoms with E-state index in [1.54, 1.807) is 31.6 Å². The molecule has 0 atom stereocenters. The molecular weight excluding hydrogens is 290 g/mol. The number of nitrogens with zero attached hydrogens (tertiary/aromatic N) is 6. The van der Waals surface area contributed by atoms with E-state index in [1.165, 1.54) is 6.20 Å². The summed E-state index contributed by atoms with van der Waals surface area (Å²) >= 11 is 5.86. The van der Waals surface area contributed by atoms with Crippen molar-refractivity contribution in [2.45, 2.75) is 26.3 Å². The van der Waals surface area contributed by atoms with Gasteiger partial charge >= 0.3 is 0 Å². The molecule has 2 aromatic heterocycles. The third-order valence-electron chi connectivity index (χ3n) is 2.85. The largest absolute Gasteiger partial charge is 0.321 e. The highest BCUT2D eigenvalue weighted by Gasteiger charge is 2.22. The van der Waals surface area contributed by atoms with Crippen LogP contribution in [-0.2, 0) is 5.54 Å². The molecule has 7 nitrogen and oxygen atoms in total. The zero-order chi connectivity index (χ0) is 15.6. The first kappa shape index (κ1) is 14.8. The number of aryl methyl sites for hydroxylation is 1. The Morgan fingerprint density at radius 2 is 2.10 bits per heavy atom. The van der Waals surface area contributed by atoms with Crippen molar-refractivity contribution < 1.29 is 0 Å². The van der Waals surface area contributed by atoms with Gasteiger partial charge in [0.1, 0.15) is 17.2 Å². The van der Waals surface area contributed by atoms with Crippen molar-refractivity contribution >= 4 is 23.2 Å². The lowest BCUT2D eigenvalue weighted by Gasteiger charge is -2.15.